The quantitative estimate of drug-likeness (QED) is 0.432. The van der Waals surface area contributed by atoms with Gasteiger partial charge in [0.25, 0.3) is 5.91 Å². The Hall–Kier alpha value is -3.87. The van der Waals surface area contributed by atoms with E-state index in [0.717, 1.165) is 5.56 Å². The molecule has 3 amide bonds. The summed E-state index contributed by atoms with van der Waals surface area (Å²) >= 11 is 0. The Morgan fingerprint density at radius 2 is 1.97 bits per heavy atom. The van der Waals surface area contributed by atoms with Gasteiger partial charge in [-0.1, -0.05) is 20.8 Å². The van der Waals surface area contributed by atoms with Crippen LogP contribution in [0, 0.1) is 22.7 Å². The van der Waals surface area contributed by atoms with Crippen LogP contribution in [-0.2, 0) is 9.59 Å². The van der Waals surface area contributed by atoms with Gasteiger partial charge in [-0.2, -0.15) is 5.26 Å². The Bertz CT molecular complexity index is 1100. The maximum Gasteiger partial charge on any atom is 0.287 e. The van der Waals surface area contributed by atoms with Gasteiger partial charge in [0.1, 0.15) is 17.8 Å². The number of methoxy groups -OCH3 is 1. The molecule has 1 saturated heterocycles. The second-order valence-electron chi connectivity index (χ2n) is 9.87. The summed E-state index contributed by atoms with van der Waals surface area (Å²) < 4.78 is 5.16. The van der Waals surface area contributed by atoms with E-state index < -0.39 is 23.9 Å². The van der Waals surface area contributed by atoms with Gasteiger partial charge in [-0.3, -0.25) is 14.4 Å². The minimum Gasteiger partial charge on any atom is -0.497 e. The molecule has 0 saturated carbocycles. The number of H-pyrrole nitrogens is 1. The number of rotatable bonds is 9. The van der Waals surface area contributed by atoms with Gasteiger partial charge in [0.05, 0.1) is 25.1 Å². The summed E-state index contributed by atoms with van der Waals surface area (Å²) in [4.78, 5) is 45.0. The highest BCUT2D eigenvalue weighted by Gasteiger charge is 2.32. The molecule has 1 fully saturated rings. The van der Waals surface area contributed by atoms with Crippen molar-refractivity contribution < 1.29 is 19.1 Å². The molecule has 4 N–H and O–H groups in total. The monoisotopic (exact) mass is 480 g/mol. The molecule has 2 heterocycles. The van der Waals surface area contributed by atoms with Crippen LogP contribution in [0.25, 0.3) is 11.3 Å². The molecule has 10 heteroatoms. The molecule has 2 aromatic rings. The second-order valence-corrected chi connectivity index (χ2v) is 9.87. The summed E-state index contributed by atoms with van der Waals surface area (Å²) in [6.45, 7) is 6.44. The van der Waals surface area contributed by atoms with Crippen LogP contribution < -0.4 is 20.7 Å². The minimum absolute atomic E-state index is 0.0713. The summed E-state index contributed by atoms with van der Waals surface area (Å²) in [6, 6.07) is 7.64. The van der Waals surface area contributed by atoms with Crippen LogP contribution in [0.1, 0.15) is 50.7 Å². The van der Waals surface area contributed by atoms with E-state index in [0.29, 0.717) is 30.8 Å². The molecule has 10 nitrogen and oxygen atoms in total. The summed E-state index contributed by atoms with van der Waals surface area (Å²) in [5, 5.41) is 17.7. The zero-order valence-corrected chi connectivity index (χ0v) is 20.5. The molecule has 186 valence electrons. The molecule has 1 aromatic carbocycles. The van der Waals surface area contributed by atoms with Gasteiger partial charge in [-0.05, 0) is 54.5 Å². The SMILES string of the molecule is COc1ccc(-c2cnc(C(=O)N[C@@H](CC(C)(C)C)C(=O)N[C@H](C#N)C[C@@H]3CCNC3=O)[nH]2)cc1. The molecule has 0 unspecified atom stereocenters. The van der Waals surface area contributed by atoms with Crippen LogP contribution in [0.15, 0.2) is 30.5 Å². The van der Waals surface area contributed by atoms with E-state index in [1.165, 1.54) is 0 Å². The first kappa shape index (κ1) is 25.7. The summed E-state index contributed by atoms with van der Waals surface area (Å²) in [7, 11) is 1.59. The highest BCUT2D eigenvalue weighted by Crippen LogP contribution is 2.23. The smallest absolute Gasteiger partial charge is 0.287 e. The first-order valence-corrected chi connectivity index (χ1v) is 11.6. The lowest BCUT2D eigenvalue weighted by molar-refractivity contribution is -0.125. The van der Waals surface area contributed by atoms with Crippen molar-refractivity contribution >= 4 is 17.7 Å². The van der Waals surface area contributed by atoms with Crippen LogP contribution in [0.4, 0.5) is 0 Å². The lowest BCUT2D eigenvalue weighted by atomic mass is 9.87. The van der Waals surface area contributed by atoms with E-state index in [1.807, 2.05) is 32.9 Å². The summed E-state index contributed by atoms with van der Waals surface area (Å²) in [5.41, 5.74) is 1.20. The van der Waals surface area contributed by atoms with Crippen LogP contribution in [-0.4, -0.2) is 53.4 Å². The average Bonchev–Trinajstić information content (AvgIpc) is 3.47. The number of hydrogen-bond donors (Lipinski definition) is 4. The lowest BCUT2D eigenvalue weighted by Crippen LogP contribution is -2.51. The zero-order chi connectivity index (χ0) is 25.6. The predicted molar refractivity (Wildman–Crippen MR) is 129 cm³/mol. The molecule has 3 atom stereocenters. The number of nitrogens with zero attached hydrogens (tertiary/aromatic N) is 2. The number of benzene rings is 1. The summed E-state index contributed by atoms with van der Waals surface area (Å²) in [6.07, 6.45) is 2.75. The van der Waals surface area contributed by atoms with Gasteiger partial charge in [0.2, 0.25) is 11.8 Å². The van der Waals surface area contributed by atoms with Crippen LogP contribution in [0.2, 0.25) is 0 Å². The minimum atomic E-state index is -0.884. The largest absolute Gasteiger partial charge is 0.497 e. The normalized spacial score (nSPS) is 17.1. The molecule has 3 rings (SSSR count). The Labute approximate surface area is 204 Å². The van der Waals surface area contributed by atoms with Gasteiger partial charge in [0, 0.05) is 12.5 Å². The third-order valence-electron chi connectivity index (χ3n) is 5.79. The number of aromatic amines is 1. The van der Waals surface area contributed by atoms with E-state index in [9.17, 15) is 19.6 Å². The Morgan fingerprint density at radius 1 is 1.26 bits per heavy atom. The molecule has 0 spiro atoms. The predicted octanol–water partition coefficient (Wildman–Crippen LogP) is 2.15. The van der Waals surface area contributed by atoms with Crippen molar-refractivity contribution in [3.8, 4) is 23.1 Å². The fourth-order valence-electron chi connectivity index (χ4n) is 3.97. The van der Waals surface area contributed by atoms with Crippen molar-refractivity contribution in [1.29, 1.82) is 5.26 Å². The van der Waals surface area contributed by atoms with E-state index in [1.54, 1.807) is 25.4 Å². The van der Waals surface area contributed by atoms with E-state index in [4.69, 9.17) is 4.74 Å². The lowest BCUT2D eigenvalue weighted by Gasteiger charge is -2.27. The van der Waals surface area contributed by atoms with Crippen molar-refractivity contribution in [2.75, 3.05) is 13.7 Å². The van der Waals surface area contributed by atoms with Crippen molar-refractivity contribution in [2.45, 2.75) is 52.1 Å². The molecular formula is C25H32N6O4. The average molecular weight is 481 g/mol. The molecule has 1 aromatic heterocycles. The maximum absolute atomic E-state index is 13.1. The molecule has 0 aliphatic carbocycles. The molecule has 1 aliphatic heterocycles. The van der Waals surface area contributed by atoms with Gasteiger partial charge in [-0.15, -0.1) is 0 Å². The van der Waals surface area contributed by atoms with Crippen molar-refractivity contribution in [3.05, 3.63) is 36.3 Å². The topological polar surface area (TPSA) is 149 Å². The second kappa shape index (κ2) is 11.0. The number of amides is 3. The molecular weight excluding hydrogens is 448 g/mol. The third-order valence-corrected chi connectivity index (χ3v) is 5.79. The number of carbonyl (C=O) groups excluding carboxylic acids is 3. The van der Waals surface area contributed by atoms with Crippen molar-refractivity contribution in [3.63, 3.8) is 0 Å². The van der Waals surface area contributed by atoms with Crippen LogP contribution in [0.5, 0.6) is 5.75 Å². The Balaban J connectivity index is 1.69. The maximum atomic E-state index is 13.1. The number of hydrogen-bond acceptors (Lipinski definition) is 6. The van der Waals surface area contributed by atoms with Crippen molar-refractivity contribution in [1.82, 2.24) is 25.9 Å². The highest BCUT2D eigenvalue weighted by atomic mass is 16.5. The van der Waals surface area contributed by atoms with E-state index in [-0.39, 0.29) is 29.5 Å². The van der Waals surface area contributed by atoms with Gasteiger partial charge in [-0.25, -0.2) is 4.98 Å². The first-order chi connectivity index (χ1) is 16.6. The van der Waals surface area contributed by atoms with E-state index in [2.05, 4.69) is 32.0 Å². The molecule has 0 radical (unpaired) electrons. The number of nitriles is 1. The number of nitrogens with one attached hydrogen (secondary N) is 4. The summed E-state index contributed by atoms with van der Waals surface area (Å²) in [5.74, 6) is -0.633. The third kappa shape index (κ3) is 7.06. The number of carbonyl (C=O) groups is 3. The fraction of sp³-hybridized carbons (Fsp3) is 0.480. The van der Waals surface area contributed by atoms with Gasteiger partial charge < -0.3 is 25.7 Å². The number of aromatic nitrogens is 2. The Morgan fingerprint density at radius 3 is 2.54 bits per heavy atom. The van der Waals surface area contributed by atoms with Crippen molar-refractivity contribution in [2.24, 2.45) is 11.3 Å². The number of imidazole rings is 1. The van der Waals surface area contributed by atoms with Gasteiger partial charge >= 0.3 is 0 Å². The van der Waals surface area contributed by atoms with Crippen LogP contribution in [0.3, 0.4) is 0 Å². The number of ether oxygens (including phenoxy) is 1. The van der Waals surface area contributed by atoms with Crippen LogP contribution >= 0.6 is 0 Å². The molecule has 1 aliphatic rings. The fourth-order valence-corrected chi connectivity index (χ4v) is 3.97. The van der Waals surface area contributed by atoms with E-state index >= 15 is 0 Å². The Kier molecular flexibility index (Phi) is 8.12. The zero-order valence-electron chi connectivity index (χ0n) is 20.5. The molecule has 35 heavy (non-hydrogen) atoms. The highest BCUT2D eigenvalue weighted by molar-refractivity contribution is 5.95. The molecule has 0 bridgehead atoms. The standard InChI is InChI=1S/C25H32N6O4/c1-25(2,3)12-19(23(33)29-17(13-26)11-16-9-10-27-22(16)32)31-24(34)21-28-14-20(30-21)15-5-7-18(35-4)8-6-15/h5-8,14,16-17,19H,9-12H2,1-4H3,(H,27,32)(H,28,30)(H,29,33)(H,31,34)/t16-,17-,19-/m0/s1. The first-order valence-electron chi connectivity index (χ1n) is 11.6. The van der Waals surface area contributed by atoms with Gasteiger partial charge in [0.15, 0.2) is 5.82 Å².